The molecule has 2 aromatic carbocycles. The van der Waals surface area contributed by atoms with Gasteiger partial charge in [-0.3, -0.25) is 13.8 Å². The Morgan fingerprint density at radius 3 is 2.72 bits per heavy atom. The van der Waals surface area contributed by atoms with Crippen LogP contribution in [0.5, 0.6) is 5.75 Å². The molecule has 7 heteroatoms. The van der Waals surface area contributed by atoms with Crippen molar-refractivity contribution in [2.45, 2.75) is 6.61 Å². The first-order chi connectivity index (χ1) is 12.2. The van der Waals surface area contributed by atoms with E-state index in [0.29, 0.717) is 28.3 Å². The van der Waals surface area contributed by atoms with Crippen molar-refractivity contribution in [1.82, 2.24) is 19.2 Å². The fraction of sp³-hybridized carbons (Fsp3) is 0.111. The molecule has 2 heterocycles. The van der Waals surface area contributed by atoms with E-state index in [-0.39, 0.29) is 12.2 Å². The average molecular weight is 331 g/mol. The number of aromatic nitrogens is 4. The van der Waals surface area contributed by atoms with Gasteiger partial charge in [0.15, 0.2) is 5.82 Å². The first-order valence-electron chi connectivity index (χ1n) is 7.64. The van der Waals surface area contributed by atoms with Crippen LogP contribution >= 0.6 is 0 Å². The third-order valence-corrected chi connectivity index (χ3v) is 4.06. The van der Waals surface area contributed by atoms with Crippen molar-refractivity contribution in [3.63, 3.8) is 0 Å². The number of benzene rings is 2. The molecule has 25 heavy (non-hydrogen) atoms. The van der Waals surface area contributed by atoms with Crippen molar-refractivity contribution in [2.24, 2.45) is 7.05 Å². The Morgan fingerprint density at radius 2 is 1.88 bits per heavy atom. The molecule has 0 fully saturated rings. The lowest BCUT2D eigenvalue weighted by Gasteiger charge is -2.09. The van der Waals surface area contributed by atoms with Gasteiger partial charge in [-0.15, -0.1) is 10.2 Å². The maximum atomic E-state index is 12.4. The van der Waals surface area contributed by atoms with Gasteiger partial charge in [-0.2, -0.15) is 5.26 Å². The molecule has 0 saturated heterocycles. The van der Waals surface area contributed by atoms with Crippen LogP contribution in [-0.4, -0.2) is 19.2 Å². The molecule has 2 aromatic heterocycles. The van der Waals surface area contributed by atoms with Gasteiger partial charge in [0.2, 0.25) is 5.78 Å². The van der Waals surface area contributed by atoms with Gasteiger partial charge < -0.3 is 4.74 Å². The number of nitriles is 1. The summed E-state index contributed by atoms with van der Waals surface area (Å²) in [7, 11) is 1.66. The second kappa shape index (κ2) is 5.76. The van der Waals surface area contributed by atoms with E-state index < -0.39 is 0 Å². The third-order valence-electron chi connectivity index (χ3n) is 4.06. The molecule has 0 aliphatic carbocycles. The molecule has 0 amide bonds. The molecule has 0 radical (unpaired) electrons. The van der Waals surface area contributed by atoms with Gasteiger partial charge in [-0.05, 0) is 24.3 Å². The number of para-hydroxylation sites is 2. The number of aryl methyl sites for hydroxylation is 1. The Labute approximate surface area is 142 Å². The van der Waals surface area contributed by atoms with Crippen LogP contribution < -0.4 is 10.3 Å². The van der Waals surface area contributed by atoms with Gasteiger partial charge in [0.1, 0.15) is 18.4 Å². The molecule has 0 atom stereocenters. The van der Waals surface area contributed by atoms with Crippen LogP contribution in [0.2, 0.25) is 0 Å². The highest BCUT2D eigenvalue weighted by Gasteiger charge is 2.15. The molecule has 0 aliphatic heterocycles. The highest BCUT2D eigenvalue weighted by Crippen LogP contribution is 2.19. The molecule has 0 spiro atoms. The van der Waals surface area contributed by atoms with Crippen molar-refractivity contribution in [2.75, 3.05) is 0 Å². The first-order valence-corrected chi connectivity index (χ1v) is 7.64. The molecule has 0 unspecified atom stereocenters. The Kier molecular flexibility index (Phi) is 3.43. The second-order valence-electron chi connectivity index (χ2n) is 5.53. The minimum Gasteiger partial charge on any atom is -0.484 e. The van der Waals surface area contributed by atoms with Crippen LogP contribution in [0.4, 0.5) is 0 Å². The minimum atomic E-state index is -0.127. The summed E-state index contributed by atoms with van der Waals surface area (Å²) < 4.78 is 9.02. The highest BCUT2D eigenvalue weighted by molar-refractivity contribution is 5.80. The predicted molar refractivity (Wildman–Crippen MR) is 91.2 cm³/mol. The first kappa shape index (κ1) is 14.9. The summed E-state index contributed by atoms with van der Waals surface area (Å²) in [4.78, 5) is 12.4. The van der Waals surface area contributed by atoms with Gasteiger partial charge in [0.05, 0.1) is 16.5 Å². The maximum Gasteiger partial charge on any atom is 0.262 e. The maximum absolute atomic E-state index is 12.4. The molecule has 4 aromatic rings. The normalized spacial score (nSPS) is 10.9. The smallest absolute Gasteiger partial charge is 0.262 e. The Morgan fingerprint density at radius 1 is 1.12 bits per heavy atom. The molecule has 122 valence electrons. The SMILES string of the molecule is Cn1c(=O)c2ccccc2n2c(COc3ccccc3C#N)nnc12. The van der Waals surface area contributed by atoms with Crippen molar-refractivity contribution in [1.29, 1.82) is 5.26 Å². The zero-order chi connectivity index (χ0) is 17.4. The van der Waals surface area contributed by atoms with Gasteiger partial charge in [0, 0.05) is 7.05 Å². The van der Waals surface area contributed by atoms with Crippen LogP contribution in [0.1, 0.15) is 11.4 Å². The molecule has 7 nitrogen and oxygen atoms in total. The van der Waals surface area contributed by atoms with Crippen molar-refractivity contribution in [3.05, 3.63) is 70.3 Å². The van der Waals surface area contributed by atoms with E-state index in [2.05, 4.69) is 16.3 Å². The van der Waals surface area contributed by atoms with E-state index in [1.165, 1.54) is 4.57 Å². The molecular weight excluding hydrogens is 318 g/mol. The largest absolute Gasteiger partial charge is 0.484 e. The van der Waals surface area contributed by atoms with E-state index in [1.54, 1.807) is 41.8 Å². The quantitative estimate of drug-likeness (QED) is 0.573. The van der Waals surface area contributed by atoms with Gasteiger partial charge >= 0.3 is 0 Å². The number of rotatable bonds is 3. The highest BCUT2D eigenvalue weighted by atomic mass is 16.5. The van der Waals surface area contributed by atoms with Crippen LogP contribution in [0, 0.1) is 11.3 Å². The van der Waals surface area contributed by atoms with Gasteiger partial charge in [-0.1, -0.05) is 24.3 Å². The Hall–Kier alpha value is -3.66. The standard InChI is InChI=1S/C18H13N5O2/c1-22-17(24)13-7-3-4-8-14(13)23-16(20-21-18(22)23)11-25-15-9-5-2-6-12(15)10-19/h2-9H,11H2,1H3. The Balaban J connectivity index is 1.84. The summed E-state index contributed by atoms with van der Waals surface area (Å²) in [5.74, 6) is 1.47. The fourth-order valence-corrected chi connectivity index (χ4v) is 2.81. The molecular formula is C18H13N5O2. The summed E-state index contributed by atoms with van der Waals surface area (Å²) in [6.07, 6.45) is 0. The van der Waals surface area contributed by atoms with Crippen LogP contribution in [0.15, 0.2) is 53.3 Å². The van der Waals surface area contributed by atoms with Gasteiger partial charge in [0.25, 0.3) is 5.56 Å². The zero-order valence-electron chi connectivity index (χ0n) is 13.4. The van der Waals surface area contributed by atoms with E-state index >= 15 is 0 Å². The summed E-state index contributed by atoms with van der Waals surface area (Å²) in [6.45, 7) is 0.127. The van der Waals surface area contributed by atoms with E-state index in [9.17, 15) is 4.79 Å². The topological polar surface area (TPSA) is 85.2 Å². The van der Waals surface area contributed by atoms with E-state index in [0.717, 1.165) is 5.52 Å². The summed E-state index contributed by atoms with van der Waals surface area (Å²) >= 11 is 0. The molecule has 0 N–H and O–H groups in total. The predicted octanol–water partition coefficient (Wildman–Crippen LogP) is 2.03. The van der Waals surface area contributed by atoms with Crippen LogP contribution in [-0.2, 0) is 13.7 Å². The zero-order valence-corrected chi connectivity index (χ0v) is 13.4. The molecule has 0 aliphatic rings. The molecule has 4 rings (SSSR count). The van der Waals surface area contributed by atoms with E-state index in [4.69, 9.17) is 10.00 Å². The third kappa shape index (κ3) is 2.32. The lowest BCUT2D eigenvalue weighted by molar-refractivity contribution is 0.294. The number of fused-ring (bicyclic) bond motifs is 3. The number of hydrogen-bond acceptors (Lipinski definition) is 5. The summed E-state index contributed by atoms with van der Waals surface area (Å²) in [5.41, 5.74) is 1.05. The van der Waals surface area contributed by atoms with Crippen molar-refractivity contribution in [3.8, 4) is 11.8 Å². The molecule has 0 saturated carbocycles. The van der Waals surface area contributed by atoms with Crippen molar-refractivity contribution >= 4 is 16.7 Å². The monoisotopic (exact) mass is 331 g/mol. The fourth-order valence-electron chi connectivity index (χ4n) is 2.81. The lowest BCUT2D eigenvalue weighted by Crippen LogP contribution is -2.20. The van der Waals surface area contributed by atoms with Crippen molar-refractivity contribution < 1.29 is 4.74 Å². The number of ether oxygens (including phenoxy) is 1. The molecule has 0 bridgehead atoms. The summed E-state index contributed by atoms with van der Waals surface area (Å²) in [5, 5.41) is 18.0. The number of nitrogens with zero attached hydrogens (tertiary/aromatic N) is 5. The van der Waals surface area contributed by atoms with Crippen LogP contribution in [0.25, 0.3) is 16.7 Å². The minimum absolute atomic E-state index is 0.127. The Bertz CT molecular complexity index is 1200. The van der Waals surface area contributed by atoms with E-state index in [1.807, 2.05) is 18.2 Å². The van der Waals surface area contributed by atoms with Crippen LogP contribution in [0.3, 0.4) is 0 Å². The van der Waals surface area contributed by atoms with Gasteiger partial charge in [-0.25, -0.2) is 0 Å². The number of hydrogen-bond donors (Lipinski definition) is 0. The second-order valence-corrected chi connectivity index (χ2v) is 5.53. The average Bonchev–Trinajstić information content (AvgIpc) is 3.09. The lowest BCUT2D eigenvalue weighted by atomic mass is 10.2. The summed E-state index contributed by atoms with van der Waals surface area (Å²) in [6, 6.07) is 16.4.